The van der Waals surface area contributed by atoms with Crippen molar-refractivity contribution < 1.29 is 30.7 Å². The van der Waals surface area contributed by atoms with E-state index in [1.807, 2.05) is 0 Å². The van der Waals surface area contributed by atoms with Gasteiger partial charge in [0.15, 0.2) is 0 Å². The highest BCUT2D eigenvalue weighted by Crippen LogP contribution is 2.46. The van der Waals surface area contributed by atoms with Crippen LogP contribution in [-0.2, 0) is 0 Å². The molecule has 2 saturated carbocycles. The topological polar surface area (TPSA) is 0 Å². The zero-order valence-electron chi connectivity index (χ0n) is 13.0. The van der Waals surface area contributed by atoms with Gasteiger partial charge in [0, 0.05) is 18.3 Å². The molecule has 7 heteroatoms. The third kappa shape index (κ3) is 4.75. The number of hydrogen-bond acceptors (Lipinski definition) is 0. The smallest absolute Gasteiger partial charge is 0.247 e. The molecule has 4 atom stereocenters. The van der Waals surface area contributed by atoms with E-state index in [2.05, 4.69) is 0 Å². The number of rotatable bonds is 3. The Morgan fingerprint density at radius 3 is 1.70 bits per heavy atom. The van der Waals surface area contributed by atoms with E-state index in [1.54, 1.807) is 6.92 Å². The first kappa shape index (κ1) is 18.8. The van der Waals surface area contributed by atoms with Crippen LogP contribution >= 0.6 is 0 Å². The average Bonchev–Trinajstić information content (AvgIpc) is 2.34. The van der Waals surface area contributed by atoms with Crippen LogP contribution in [0, 0.1) is 23.7 Å². The van der Waals surface area contributed by atoms with Crippen molar-refractivity contribution in [3.05, 3.63) is 0 Å². The molecular formula is C16H23F7. The van der Waals surface area contributed by atoms with Crippen LogP contribution < -0.4 is 0 Å². The lowest BCUT2D eigenvalue weighted by Gasteiger charge is -2.43. The first-order chi connectivity index (χ1) is 10.6. The fourth-order valence-electron chi connectivity index (χ4n) is 4.25. The summed E-state index contributed by atoms with van der Waals surface area (Å²) in [6.07, 6.45) is -12.9. The maximum absolute atomic E-state index is 14.2. The van der Waals surface area contributed by atoms with E-state index < -0.39 is 61.5 Å². The van der Waals surface area contributed by atoms with E-state index in [0.29, 0.717) is 0 Å². The fourth-order valence-corrected chi connectivity index (χ4v) is 4.25. The molecule has 4 unspecified atom stereocenters. The monoisotopic (exact) mass is 348 g/mol. The lowest BCUT2D eigenvalue weighted by Crippen LogP contribution is -2.46. The van der Waals surface area contributed by atoms with Gasteiger partial charge in [-0.15, -0.1) is 0 Å². The molecule has 2 rings (SSSR count). The summed E-state index contributed by atoms with van der Waals surface area (Å²) in [6, 6.07) is 0. The Kier molecular flexibility index (Phi) is 5.88. The Labute approximate surface area is 131 Å². The highest BCUT2D eigenvalue weighted by Gasteiger charge is 2.48. The van der Waals surface area contributed by atoms with Crippen molar-refractivity contribution in [2.45, 2.75) is 76.3 Å². The van der Waals surface area contributed by atoms with E-state index >= 15 is 0 Å². The van der Waals surface area contributed by atoms with Gasteiger partial charge < -0.3 is 0 Å². The number of alkyl halides is 7. The third-order valence-corrected chi connectivity index (χ3v) is 5.38. The number of halogens is 7. The van der Waals surface area contributed by atoms with Gasteiger partial charge in [0.25, 0.3) is 0 Å². The molecule has 0 amide bonds. The standard InChI is InChI=1S/C16H23F7/c1-8-4-13(19)15(14(20)5-8)9-6-11(17)10(12(18)7-9)2-3-16(21,22)23/h8-15H,2-7H2,1H3. The second-order valence-corrected chi connectivity index (χ2v) is 7.27. The van der Waals surface area contributed by atoms with Gasteiger partial charge in [-0.3, -0.25) is 0 Å². The summed E-state index contributed by atoms with van der Waals surface area (Å²) in [5.74, 6) is -3.25. The van der Waals surface area contributed by atoms with Gasteiger partial charge in [0.1, 0.15) is 24.7 Å². The highest BCUT2D eigenvalue weighted by atomic mass is 19.4. The molecule has 0 N–H and O–H groups in total. The van der Waals surface area contributed by atoms with Crippen molar-refractivity contribution in [1.82, 2.24) is 0 Å². The Morgan fingerprint density at radius 1 is 0.783 bits per heavy atom. The van der Waals surface area contributed by atoms with Gasteiger partial charge in [0.2, 0.25) is 0 Å². The van der Waals surface area contributed by atoms with Gasteiger partial charge >= 0.3 is 6.18 Å². The summed E-state index contributed by atoms with van der Waals surface area (Å²) in [6.45, 7) is 1.74. The first-order valence-corrected chi connectivity index (χ1v) is 8.21. The average molecular weight is 348 g/mol. The molecule has 0 aromatic heterocycles. The minimum atomic E-state index is -4.45. The van der Waals surface area contributed by atoms with E-state index in [0.717, 1.165) is 0 Å². The summed E-state index contributed by atoms with van der Waals surface area (Å²) in [5, 5.41) is 0. The maximum atomic E-state index is 14.2. The normalized spacial score (nSPS) is 45.9. The quantitative estimate of drug-likeness (QED) is 0.569. The molecular weight excluding hydrogens is 325 g/mol. The largest absolute Gasteiger partial charge is 0.389 e. The lowest BCUT2D eigenvalue weighted by atomic mass is 9.66. The zero-order chi connectivity index (χ0) is 17.4. The summed E-state index contributed by atoms with van der Waals surface area (Å²) >= 11 is 0. The Morgan fingerprint density at radius 2 is 1.26 bits per heavy atom. The molecule has 2 aliphatic rings. The molecule has 0 spiro atoms. The predicted octanol–water partition coefficient (Wildman–Crippen LogP) is 5.75. The van der Waals surface area contributed by atoms with Crippen molar-refractivity contribution in [2.75, 3.05) is 0 Å². The molecule has 0 nitrogen and oxygen atoms in total. The van der Waals surface area contributed by atoms with Crippen LogP contribution in [0.2, 0.25) is 0 Å². The lowest BCUT2D eigenvalue weighted by molar-refractivity contribution is -0.142. The van der Waals surface area contributed by atoms with Crippen LogP contribution in [0.15, 0.2) is 0 Å². The van der Waals surface area contributed by atoms with Crippen molar-refractivity contribution in [1.29, 1.82) is 0 Å². The summed E-state index contributed by atoms with van der Waals surface area (Å²) in [4.78, 5) is 0. The third-order valence-electron chi connectivity index (χ3n) is 5.38. The van der Waals surface area contributed by atoms with Crippen molar-refractivity contribution in [2.24, 2.45) is 23.7 Å². The molecule has 0 heterocycles. The molecule has 0 aliphatic heterocycles. The SMILES string of the molecule is CC1CC(F)C(C2CC(F)C(CCC(F)(F)F)C(F)C2)C(F)C1. The Bertz CT molecular complexity index is 359. The number of hydrogen-bond donors (Lipinski definition) is 0. The highest BCUT2D eigenvalue weighted by molar-refractivity contribution is 4.96. The van der Waals surface area contributed by atoms with Gasteiger partial charge in [-0.05, 0) is 43.9 Å². The van der Waals surface area contributed by atoms with Crippen LogP contribution in [0.4, 0.5) is 30.7 Å². The molecule has 0 bridgehead atoms. The minimum absolute atomic E-state index is 0.110. The van der Waals surface area contributed by atoms with Crippen molar-refractivity contribution >= 4 is 0 Å². The molecule has 23 heavy (non-hydrogen) atoms. The molecule has 0 aromatic rings. The van der Waals surface area contributed by atoms with E-state index in [9.17, 15) is 30.7 Å². The van der Waals surface area contributed by atoms with Crippen molar-refractivity contribution in [3.63, 3.8) is 0 Å². The summed E-state index contributed by atoms with van der Waals surface area (Å²) in [7, 11) is 0. The zero-order valence-corrected chi connectivity index (χ0v) is 13.0. The Balaban J connectivity index is 1.98. The second-order valence-electron chi connectivity index (χ2n) is 7.27. The van der Waals surface area contributed by atoms with Crippen molar-refractivity contribution in [3.8, 4) is 0 Å². The molecule has 0 saturated heterocycles. The molecule has 2 fully saturated rings. The molecule has 0 radical (unpaired) electrons. The summed E-state index contributed by atoms with van der Waals surface area (Å²) in [5.41, 5.74) is 0. The molecule has 0 aromatic carbocycles. The van der Waals surface area contributed by atoms with Gasteiger partial charge in [-0.25, -0.2) is 17.6 Å². The van der Waals surface area contributed by atoms with Crippen LogP contribution in [0.3, 0.4) is 0 Å². The summed E-state index contributed by atoms with van der Waals surface area (Å²) < 4.78 is 93.3. The molecule has 136 valence electrons. The molecule has 2 aliphatic carbocycles. The van der Waals surface area contributed by atoms with E-state index in [-0.39, 0.29) is 31.6 Å². The van der Waals surface area contributed by atoms with Crippen LogP contribution in [0.1, 0.15) is 45.4 Å². The van der Waals surface area contributed by atoms with E-state index in [4.69, 9.17) is 0 Å². The van der Waals surface area contributed by atoms with Gasteiger partial charge in [-0.1, -0.05) is 6.92 Å². The van der Waals surface area contributed by atoms with E-state index in [1.165, 1.54) is 0 Å². The predicted molar refractivity (Wildman–Crippen MR) is 73.0 cm³/mol. The first-order valence-electron chi connectivity index (χ1n) is 8.21. The van der Waals surface area contributed by atoms with Gasteiger partial charge in [-0.2, -0.15) is 13.2 Å². The maximum Gasteiger partial charge on any atom is 0.389 e. The minimum Gasteiger partial charge on any atom is -0.247 e. The van der Waals surface area contributed by atoms with Crippen LogP contribution in [-0.4, -0.2) is 30.9 Å². The van der Waals surface area contributed by atoms with Gasteiger partial charge in [0.05, 0.1) is 0 Å². The Hall–Kier alpha value is -0.490. The van der Waals surface area contributed by atoms with Crippen LogP contribution in [0.5, 0.6) is 0 Å². The fraction of sp³-hybridized carbons (Fsp3) is 1.00. The second kappa shape index (κ2) is 7.18. The van der Waals surface area contributed by atoms with Crippen LogP contribution in [0.25, 0.3) is 0 Å².